The number of amides is 2. The Bertz CT molecular complexity index is 629. The number of aromatic hydroxyl groups is 1. The van der Waals surface area contributed by atoms with E-state index < -0.39 is 11.8 Å². The molecule has 0 spiro atoms. The normalized spacial score (nSPS) is 9.71. The fraction of sp³-hybridized carbons (Fsp3) is 0.0667. The molecule has 0 unspecified atom stereocenters. The van der Waals surface area contributed by atoms with Crippen molar-refractivity contribution in [3.8, 4) is 11.5 Å². The molecule has 0 aliphatic rings. The number of nitrogens with one attached hydrogen (secondary N) is 2. The molecule has 2 rings (SSSR count). The van der Waals surface area contributed by atoms with Crippen molar-refractivity contribution >= 4 is 11.8 Å². The monoisotopic (exact) mass is 286 g/mol. The number of para-hydroxylation sites is 1. The van der Waals surface area contributed by atoms with Gasteiger partial charge in [0.1, 0.15) is 11.5 Å². The first-order valence-electron chi connectivity index (χ1n) is 6.21. The zero-order valence-electron chi connectivity index (χ0n) is 11.1. The van der Waals surface area contributed by atoms with E-state index in [-0.39, 0.29) is 17.9 Å². The summed E-state index contributed by atoms with van der Waals surface area (Å²) in [5.74, 6) is -0.486. The van der Waals surface area contributed by atoms with Crippen molar-refractivity contribution in [1.29, 1.82) is 0 Å². The van der Waals surface area contributed by atoms with E-state index in [0.717, 1.165) is 0 Å². The first-order valence-corrected chi connectivity index (χ1v) is 6.21. The van der Waals surface area contributed by atoms with Crippen LogP contribution in [0.4, 0.5) is 0 Å². The number of hydrogen-bond acceptors (Lipinski definition) is 4. The van der Waals surface area contributed by atoms with Gasteiger partial charge in [0.2, 0.25) is 0 Å². The molecule has 0 heterocycles. The number of hydrogen-bond donors (Lipinski definition) is 3. The smallest absolute Gasteiger partial charge is 0.276 e. The summed E-state index contributed by atoms with van der Waals surface area (Å²) in [5.41, 5.74) is 4.69. The van der Waals surface area contributed by atoms with Gasteiger partial charge in [-0.3, -0.25) is 20.4 Å². The zero-order chi connectivity index (χ0) is 15.1. The summed E-state index contributed by atoms with van der Waals surface area (Å²) >= 11 is 0. The SMILES string of the molecule is O=C(COc1ccccc1)NNC(=O)c1cccc(O)c1. The summed E-state index contributed by atoms with van der Waals surface area (Å²) in [4.78, 5) is 23.2. The average molecular weight is 286 g/mol. The van der Waals surface area contributed by atoms with Crippen molar-refractivity contribution in [2.75, 3.05) is 6.61 Å². The van der Waals surface area contributed by atoms with Crippen molar-refractivity contribution in [3.05, 3.63) is 60.2 Å². The van der Waals surface area contributed by atoms with E-state index in [1.807, 2.05) is 6.07 Å². The summed E-state index contributed by atoms with van der Waals surface area (Å²) in [6.07, 6.45) is 0. The van der Waals surface area contributed by atoms with E-state index in [9.17, 15) is 14.7 Å². The zero-order valence-corrected chi connectivity index (χ0v) is 11.1. The summed E-state index contributed by atoms with van der Waals surface area (Å²) in [7, 11) is 0. The van der Waals surface area contributed by atoms with Crippen LogP contribution in [0.1, 0.15) is 10.4 Å². The Kier molecular flexibility index (Phi) is 4.76. The van der Waals surface area contributed by atoms with E-state index in [1.54, 1.807) is 24.3 Å². The van der Waals surface area contributed by atoms with Crippen LogP contribution in [0.15, 0.2) is 54.6 Å². The van der Waals surface area contributed by atoms with E-state index in [0.29, 0.717) is 5.75 Å². The van der Waals surface area contributed by atoms with Crippen LogP contribution in [0.3, 0.4) is 0 Å². The Labute approximate surface area is 121 Å². The summed E-state index contributed by atoms with van der Waals surface area (Å²) < 4.78 is 5.22. The Morgan fingerprint density at radius 2 is 1.76 bits per heavy atom. The number of phenols is 1. The van der Waals surface area contributed by atoms with Crippen molar-refractivity contribution in [3.63, 3.8) is 0 Å². The van der Waals surface area contributed by atoms with Gasteiger partial charge in [0.15, 0.2) is 6.61 Å². The fourth-order valence-corrected chi connectivity index (χ4v) is 1.55. The Hall–Kier alpha value is -3.02. The lowest BCUT2D eigenvalue weighted by atomic mass is 10.2. The number of benzene rings is 2. The highest BCUT2D eigenvalue weighted by molar-refractivity contribution is 5.95. The second-order valence-corrected chi connectivity index (χ2v) is 4.15. The second-order valence-electron chi connectivity index (χ2n) is 4.15. The quantitative estimate of drug-likeness (QED) is 0.738. The van der Waals surface area contributed by atoms with Gasteiger partial charge in [0.25, 0.3) is 11.8 Å². The minimum Gasteiger partial charge on any atom is -0.508 e. The fourth-order valence-electron chi connectivity index (χ4n) is 1.55. The van der Waals surface area contributed by atoms with Crippen LogP contribution >= 0.6 is 0 Å². The van der Waals surface area contributed by atoms with Crippen molar-refractivity contribution in [2.24, 2.45) is 0 Å². The van der Waals surface area contributed by atoms with Gasteiger partial charge in [-0.05, 0) is 30.3 Å². The standard InChI is InChI=1S/C15H14N2O4/c18-12-6-4-5-11(9-12)15(20)17-16-14(19)10-21-13-7-2-1-3-8-13/h1-9,18H,10H2,(H,16,19)(H,17,20). The lowest BCUT2D eigenvalue weighted by Crippen LogP contribution is -2.43. The molecular weight excluding hydrogens is 272 g/mol. The van der Waals surface area contributed by atoms with Crippen molar-refractivity contribution < 1.29 is 19.4 Å². The molecule has 0 aliphatic carbocycles. The van der Waals surface area contributed by atoms with Crippen molar-refractivity contribution in [2.45, 2.75) is 0 Å². The van der Waals surface area contributed by atoms with Crippen LogP contribution in [0, 0.1) is 0 Å². The molecule has 0 radical (unpaired) electrons. The number of rotatable bonds is 4. The lowest BCUT2D eigenvalue weighted by Gasteiger charge is -2.08. The summed E-state index contributed by atoms with van der Waals surface area (Å²) in [5, 5.41) is 9.26. The number of phenolic OH excluding ortho intramolecular Hbond substituents is 1. The minimum absolute atomic E-state index is 0.0265. The van der Waals surface area contributed by atoms with Crippen LogP contribution in [0.25, 0.3) is 0 Å². The third kappa shape index (κ3) is 4.54. The summed E-state index contributed by atoms with van der Waals surface area (Å²) in [6, 6.07) is 14.6. The predicted octanol–water partition coefficient (Wildman–Crippen LogP) is 1.23. The van der Waals surface area contributed by atoms with Gasteiger partial charge < -0.3 is 9.84 Å². The third-order valence-electron chi connectivity index (χ3n) is 2.54. The van der Waals surface area contributed by atoms with Crippen LogP contribution in [-0.4, -0.2) is 23.5 Å². The Morgan fingerprint density at radius 3 is 2.48 bits per heavy atom. The minimum atomic E-state index is -0.529. The molecule has 6 heteroatoms. The molecule has 0 fully saturated rings. The Balaban J connectivity index is 1.77. The molecule has 3 N–H and O–H groups in total. The molecule has 0 aromatic heterocycles. The molecule has 108 valence electrons. The average Bonchev–Trinajstić information content (AvgIpc) is 2.51. The topological polar surface area (TPSA) is 87.7 Å². The van der Waals surface area contributed by atoms with Crippen molar-refractivity contribution in [1.82, 2.24) is 10.9 Å². The molecule has 2 aromatic rings. The van der Waals surface area contributed by atoms with Crippen LogP contribution in [-0.2, 0) is 4.79 Å². The first-order chi connectivity index (χ1) is 10.1. The molecule has 0 bridgehead atoms. The largest absolute Gasteiger partial charge is 0.508 e. The third-order valence-corrected chi connectivity index (χ3v) is 2.54. The molecule has 2 aromatic carbocycles. The van der Waals surface area contributed by atoms with Gasteiger partial charge in [0.05, 0.1) is 0 Å². The van der Waals surface area contributed by atoms with Crippen LogP contribution in [0.5, 0.6) is 11.5 Å². The van der Waals surface area contributed by atoms with Gasteiger partial charge in [-0.15, -0.1) is 0 Å². The van der Waals surface area contributed by atoms with Gasteiger partial charge in [-0.25, -0.2) is 0 Å². The van der Waals surface area contributed by atoms with Crippen LogP contribution in [0.2, 0.25) is 0 Å². The number of ether oxygens (including phenoxy) is 1. The highest BCUT2D eigenvalue weighted by Crippen LogP contribution is 2.10. The molecule has 6 nitrogen and oxygen atoms in total. The molecule has 0 saturated heterocycles. The number of carbonyl (C=O) groups is 2. The van der Waals surface area contributed by atoms with Gasteiger partial charge in [0, 0.05) is 5.56 Å². The highest BCUT2D eigenvalue weighted by atomic mass is 16.5. The molecule has 21 heavy (non-hydrogen) atoms. The highest BCUT2D eigenvalue weighted by Gasteiger charge is 2.08. The maximum atomic E-state index is 11.7. The van der Waals surface area contributed by atoms with E-state index >= 15 is 0 Å². The molecule has 2 amide bonds. The van der Waals surface area contributed by atoms with Crippen LogP contribution < -0.4 is 15.6 Å². The maximum absolute atomic E-state index is 11.7. The van der Waals surface area contributed by atoms with E-state index in [4.69, 9.17) is 4.74 Å². The first kappa shape index (κ1) is 14.4. The maximum Gasteiger partial charge on any atom is 0.276 e. The van der Waals surface area contributed by atoms with Gasteiger partial charge in [-0.2, -0.15) is 0 Å². The molecule has 0 saturated carbocycles. The lowest BCUT2D eigenvalue weighted by molar-refractivity contribution is -0.123. The number of carbonyl (C=O) groups excluding carboxylic acids is 2. The molecule has 0 atom stereocenters. The van der Waals surface area contributed by atoms with Gasteiger partial charge in [-0.1, -0.05) is 24.3 Å². The number of hydrazine groups is 1. The summed E-state index contributed by atoms with van der Waals surface area (Å²) in [6.45, 7) is -0.218. The second kappa shape index (κ2) is 6.95. The van der Waals surface area contributed by atoms with E-state index in [1.165, 1.54) is 24.3 Å². The predicted molar refractivity (Wildman–Crippen MR) is 75.7 cm³/mol. The molecular formula is C15H14N2O4. The van der Waals surface area contributed by atoms with Gasteiger partial charge >= 0.3 is 0 Å². The Morgan fingerprint density at radius 1 is 1.00 bits per heavy atom. The van der Waals surface area contributed by atoms with E-state index in [2.05, 4.69) is 10.9 Å². The molecule has 0 aliphatic heterocycles.